The van der Waals surface area contributed by atoms with E-state index in [0.717, 1.165) is 30.6 Å². The van der Waals surface area contributed by atoms with Crippen LogP contribution in [-0.4, -0.2) is 91.0 Å². The maximum absolute atomic E-state index is 14.4. The van der Waals surface area contributed by atoms with Crippen molar-refractivity contribution < 1.29 is 32.4 Å². The molecule has 3 fully saturated rings. The second-order valence-corrected chi connectivity index (χ2v) is 19.0. The quantitative estimate of drug-likeness (QED) is 0.233. The van der Waals surface area contributed by atoms with Crippen molar-refractivity contribution in [2.24, 2.45) is 22.7 Å². The minimum absolute atomic E-state index is 0.0670. The van der Waals surface area contributed by atoms with Crippen LogP contribution in [0.3, 0.4) is 0 Å². The zero-order valence-corrected chi connectivity index (χ0v) is 32.1. The van der Waals surface area contributed by atoms with Crippen molar-refractivity contribution in [3.63, 3.8) is 0 Å². The minimum atomic E-state index is -3.68. The van der Waals surface area contributed by atoms with Gasteiger partial charge in [-0.3, -0.25) is 19.2 Å². The molecule has 3 aliphatic heterocycles. The van der Waals surface area contributed by atoms with E-state index in [0.29, 0.717) is 37.1 Å². The van der Waals surface area contributed by atoms with Crippen molar-refractivity contribution >= 4 is 50.9 Å². The Labute approximate surface area is 305 Å². The molecule has 13 nitrogen and oxygen atoms in total. The molecule has 2 saturated heterocycles. The first kappa shape index (κ1) is 38.9. The summed E-state index contributed by atoms with van der Waals surface area (Å²) in [5.74, 6) is -2.40. The third kappa shape index (κ3) is 8.35. The second-order valence-electron chi connectivity index (χ2n) is 16.1. The van der Waals surface area contributed by atoms with E-state index in [-0.39, 0.29) is 42.8 Å². The Morgan fingerprint density at radius 2 is 1.76 bits per heavy atom. The lowest BCUT2D eigenvalue weighted by Gasteiger charge is -2.36. The second kappa shape index (κ2) is 15.4. The summed E-state index contributed by atoms with van der Waals surface area (Å²) >= 11 is 1.39. The summed E-state index contributed by atoms with van der Waals surface area (Å²) in [7, 11) is -3.68. The van der Waals surface area contributed by atoms with E-state index in [1.165, 1.54) is 21.7 Å². The van der Waals surface area contributed by atoms with Crippen LogP contribution in [0.1, 0.15) is 90.9 Å². The van der Waals surface area contributed by atoms with E-state index in [1.807, 2.05) is 20.8 Å². The summed E-state index contributed by atoms with van der Waals surface area (Å²) in [6, 6.07) is -2.35. The summed E-state index contributed by atoms with van der Waals surface area (Å²) in [6.45, 7) is 14.3. The molecule has 6 atom stereocenters. The van der Waals surface area contributed by atoms with Crippen LogP contribution in [0.25, 0.3) is 0 Å². The van der Waals surface area contributed by atoms with E-state index in [4.69, 9.17) is 0 Å². The molecule has 0 unspecified atom stereocenters. The lowest BCUT2D eigenvalue weighted by molar-refractivity contribution is -0.144. The first-order valence-electron chi connectivity index (χ1n) is 18.2. The molecule has 15 heteroatoms. The van der Waals surface area contributed by atoms with Gasteiger partial charge in [-0.1, -0.05) is 79.2 Å². The molecule has 282 valence electrons. The SMILES string of the molecule is C=CCNC(=O)C(=O)[C@@H]1CCCCCCCC[C@H](NC(=O)N[C@H](CN2Cc3sccc3S2(=O)=O)C(C)(C)C)C(=O)N2C[C@H]3[C@@H]([C@H]2C(=O)N1)C3(C)C. The van der Waals surface area contributed by atoms with Crippen LogP contribution in [0.15, 0.2) is 29.0 Å². The minimum Gasteiger partial charge on any atom is -0.346 e. The fourth-order valence-electron chi connectivity index (χ4n) is 7.93. The summed E-state index contributed by atoms with van der Waals surface area (Å²) < 4.78 is 27.8. The van der Waals surface area contributed by atoms with Gasteiger partial charge in [0.2, 0.25) is 27.6 Å². The van der Waals surface area contributed by atoms with E-state index in [2.05, 4.69) is 41.7 Å². The van der Waals surface area contributed by atoms with Gasteiger partial charge in [-0.15, -0.1) is 17.9 Å². The van der Waals surface area contributed by atoms with Gasteiger partial charge in [0.1, 0.15) is 12.1 Å². The van der Waals surface area contributed by atoms with Crippen molar-refractivity contribution in [2.45, 2.75) is 122 Å². The van der Waals surface area contributed by atoms with Gasteiger partial charge >= 0.3 is 6.03 Å². The van der Waals surface area contributed by atoms with Crippen molar-refractivity contribution in [1.82, 2.24) is 30.5 Å². The number of fused-ring (bicyclic) bond motifs is 4. The number of carbonyl (C=O) groups excluding carboxylic acids is 5. The normalized spacial score (nSPS) is 28.5. The Morgan fingerprint density at radius 3 is 2.41 bits per heavy atom. The molecule has 1 aliphatic carbocycles. The van der Waals surface area contributed by atoms with E-state index in [1.54, 1.807) is 16.3 Å². The van der Waals surface area contributed by atoms with Crippen LogP contribution in [0.4, 0.5) is 4.79 Å². The van der Waals surface area contributed by atoms with Gasteiger partial charge in [0.15, 0.2) is 0 Å². The highest BCUT2D eigenvalue weighted by Crippen LogP contribution is 2.65. The van der Waals surface area contributed by atoms with Crippen LogP contribution >= 0.6 is 11.3 Å². The van der Waals surface area contributed by atoms with Crippen LogP contribution in [0.2, 0.25) is 0 Å². The van der Waals surface area contributed by atoms with Gasteiger partial charge in [0, 0.05) is 37.1 Å². The van der Waals surface area contributed by atoms with E-state index >= 15 is 0 Å². The topological polar surface area (TPSA) is 174 Å². The van der Waals surface area contributed by atoms with E-state index < -0.39 is 63.2 Å². The molecular weight excluding hydrogens is 693 g/mol. The van der Waals surface area contributed by atoms with E-state index in [9.17, 15) is 32.4 Å². The summed E-state index contributed by atoms with van der Waals surface area (Å²) in [5.41, 5.74) is -0.710. The third-order valence-corrected chi connectivity index (χ3v) is 14.2. The average Bonchev–Trinajstić information content (AvgIpc) is 3.51. The molecule has 0 radical (unpaired) electrons. The fraction of sp³-hybridized carbons (Fsp3) is 0.694. The molecule has 1 aromatic heterocycles. The molecule has 5 rings (SSSR count). The van der Waals surface area contributed by atoms with Crippen LogP contribution in [0, 0.1) is 22.7 Å². The number of hydrogen-bond donors (Lipinski definition) is 4. The van der Waals surface area contributed by atoms with Gasteiger partial charge in [-0.05, 0) is 47.0 Å². The molecule has 5 amide bonds. The summed E-state index contributed by atoms with van der Waals surface area (Å²) in [4.78, 5) is 70.6. The highest BCUT2D eigenvalue weighted by molar-refractivity contribution is 7.89. The Morgan fingerprint density at radius 1 is 1.10 bits per heavy atom. The Hall–Kier alpha value is -3.30. The Bertz CT molecular complexity index is 1630. The lowest BCUT2D eigenvalue weighted by Crippen LogP contribution is -2.60. The van der Waals surface area contributed by atoms with Gasteiger partial charge in [0.25, 0.3) is 5.91 Å². The molecule has 1 saturated carbocycles. The lowest BCUT2D eigenvalue weighted by atomic mass is 9.86. The number of Topliss-reactive ketones (excluding diaryl/α,β-unsaturated/α-hetero) is 1. The highest BCUT2D eigenvalue weighted by Gasteiger charge is 2.69. The highest BCUT2D eigenvalue weighted by atomic mass is 32.2. The number of amides is 5. The number of hydrogen-bond acceptors (Lipinski definition) is 8. The number of ketones is 1. The molecule has 0 aromatic carbocycles. The predicted molar refractivity (Wildman–Crippen MR) is 194 cm³/mol. The molecule has 0 bridgehead atoms. The maximum atomic E-state index is 14.4. The monoisotopic (exact) mass is 746 g/mol. The van der Waals surface area contributed by atoms with Gasteiger partial charge in [-0.25, -0.2) is 13.2 Å². The average molecular weight is 747 g/mol. The van der Waals surface area contributed by atoms with Gasteiger partial charge < -0.3 is 26.2 Å². The van der Waals surface area contributed by atoms with Gasteiger partial charge in [-0.2, -0.15) is 4.31 Å². The first-order valence-corrected chi connectivity index (χ1v) is 20.5. The predicted octanol–water partition coefficient (Wildman–Crippen LogP) is 3.31. The fourth-order valence-corrected chi connectivity index (χ4v) is 10.9. The first-order chi connectivity index (χ1) is 24.0. The Balaban J connectivity index is 1.34. The molecule has 51 heavy (non-hydrogen) atoms. The zero-order chi connectivity index (χ0) is 37.3. The number of thiophene rings is 1. The molecule has 0 spiro atoms. The van der Waals surface area contributed by atoms with Crippen LogP contribution in [0.5, 0.6) is 0 Å². The molecule has 4 aliphatic rings. The molecular formula is C36H54N6O7S2. The zero-order valence-electron chi connectivity index (χ0n) is 30.5. The van der Waals surface area contributed by atoms with Crippen molar-refractivity contribution in [2.75, 3.05) is 19.6 Å². The molecule has 1 aromatic rings. The summed E-state index contributed by atoms with van der Waals surface area (Å²) in [5, 5.41) is 13.0. The largest absolute Gasteiger partial charge is 0.346 e. The number of urea groups is 1. The van der Waals surface area contributed by atoms with Crippen molar-refractivity contribution in [3.05, 3.63) is 29.0 Å². The molecule has 4 N–H and O–H groups in total. The number of nitrogens with zero attached hydrogens (tertiary/aromatic N) is 2. The number of piperidine rings is 1. The third-order valence-electron chi connectivity index (χ3n) is 11.2. The Kier molecular flexibility index (Phi) is 11.7. The number of sulfonamides is 1. The maximum Gasteiger partial charge on any atom is 0.315 e. The number of rotatable bonds is 8. The van der Waals surface area contributed by atoms with Gasteiger partial charge in [0.05, 0.1) is 10.9 Å². The van der Waals surface area contributed by atoms with Crippen LogP contribution in [-0.2, 0) is 35.7 Å². The van der Waals surface area contributed by atoms with Crippen molar-refractivity contribution in [3.8, 4) is 0 Å². The summed E-state index contributed by atoms with van der Waals surface area (Å²) in [6.07, 6.45) is 6.93. The number of nitrogens with one attached hydrogen (secondary N) is 4. The standard InChI is InChI=1S/C36H54N6O7S2/c1-7-17-37-32(45)30(43)23-14-12-10-8-9-11-13-15-24(33(46)42-19-22-28(36(22,5)6)29(42)31(44)38-23)39-34(47)40-27(35(2,3)4)21-41-20-25-26(16-18-50-25)51(41,48)49/h7,16,18,22-24,27-29H,1,8-15,17,19-21H2,2-6H3,(H,37,45)(H,38,44)(H2,39,40,47)/t22-,23-,24-,27+,28-,29-/m0/s1. The molecule has 4 heterocycles. The smallest absolute Gasteiger partial charge is 0.315 e. The van der Waals surface area contributed by atoms with Crippen molar-refractivity contribution in [1.29, 1.82) is 0 Å². The van der Waals surface area contributed by atoms with Crippen LogP contribution < -0.4 is 21.3 Å². The number of carbonyl (C=O) groups is 5.